The van der Waals surface area contributed by atoms with Crippen LogP contribution < -0.4 is 0 Å². The quantitative estimate of drug-likeness (QED) is 0.573. The van der Waals surface area contributed by atoms with Gasteiger partial charge >= 0.3 is 5.97 Å². The van der Waals surface area contributed by atoms with Gasteiger partial charge in [-0.3, -0.25) is 4.79 Å². The minimum Gasteiger partial charge on any atom is -0.466 e. The predicted molar refractivity (Wildman–Crippen MR) is 61.9 cm³/mol. The Hall–Kier alpha value is -1.90. The Kier molecular flexibility index (Phi) is 4.45. The average Bonchev–Trinajstić information content (AvgIpc) is 2.25. The molecule has 1 aromatic carbocycles. The third-order valence-electron chi connectivity index (χ3n) is 2.02. The molecule has 0 fully saturated rings. The smallest absolute Gasteiger partial charge is 0.330 e. The van der Waals surface area contributed by atoms with Crippen LogP contribution in [-0.2, 0) is 20.7 Å². The van der Waals surface area contributed by atoms with Crippen LogP contribution >= 0.6 is 0 Å². The molecule has 0 spiro atoms. The number of hydrogen-bond donors (Lipinski definition) is 0. The molecule has 1 aromatic rings. The van der Waals surface area contributed by atoms with Gasteiger partial charge in [-0.2, -0.15) is 0 Å². The summed E-state index contributed by atoms with van der Waals surface area (Å²) >= 11 is 0. The second kappa shape index (κ2) is 5.85. The number of carbonyl (C=O) groups is 2. The van der Waals surface area contributed by atoms with Crippen LogP contribution in [0.5, 0.6) is 0 Å². The second-order valence-electron chi connectivity index (χ2n) is 3.48. The van der Waals surface area contributed by atoms with Gasteiger partial charge in [0.2, 0.25) is 0 Å². The van der Waals surface area contributed by atoms with Crippen LogP contribution in [0.4, 0.5) is 0 Å². The summed E-state index contributed by atoms with van der Waals surface area (Å²) in [5.74, 6) is -0.272. The van der Waals surface area contributed by atoms with Crippen LogP contribution in [0.15, 0.2) is 30.3 Å². The maximum absolute atomic E-state index is 10.9. The van der Waals surface area contributed by atoms with Gasteiger partial charge in [-0.05, 0) is 24.1 Å². The number of esters is 1. The Labute approximate surface area is 94.7 Å². The monoisotopic (exact) mass is 218 g/mol. The van der Waals surface area contributed by atoms with Crippen LogP contribution in [-0.4, -0.2) is 18.9 Å². The molecule has 0 aliphatic rings. The minimum atomic E-state index is -0.392. The molecule has 0 aliphatic heterocycles. The zero-order valence-electron chi connectivity index (χ0n) is 9.40. The molecule has 0 N–H and O–H groups in total. The van der Waals surface area contributed by atoms with Crippen LogP contribution in [0.1, 0.15) is 18.1 Å². The van der Waals surface area contributed by atoms with E-state index >= 15 is 0 Å². The third kappa shape index (κ3) is 4.09. The first kappa shape index (κ1) is 12.2. The molecule has 0 unspecified atom stereocenters. The normalized spacial score (nSPS) is 10.4. The number of benzene rings is 1. The molecular weight excluding hydrogens is 204 g/mol. The van der Waals surface area contributed by atoms with E-state index in [1.807, 2.05) is 24.3 Å². The number of hydrogen-bond acceptors (Lipinski definition) is 3. The van der Waals surface area contributed by atoms with Crippen molar-refractivity contribution in [1.82, 2.24) is 0 Å². The van der Waals surface area contributed by atoms with Gasteiger partial charge < -0.3 is 4.74 Å². The number of ether oxygens (including phenoxy) is 1. The lowest BCUT2D eigenvalue weighted by Crippen LogP contribution is -1.96. The number of Topliss-reactive ketones (excluding diaryl/α,β-unsaturated/α-hetero) is 1. The lowest BCUT2D eigenvalue weighted by Gasteiger charge is -1.99. The van der Waals surface area contributed by atoms with Gasteiger partial charge in [-0.15, -0.1) is 0 Å². The highest BCUT2D eigenvalue weighted by Gasteiger charge is 1.98. The molecule has 0 amide bonds. The van der Waals surface area contributed by atoms with Crippen LogP contribution in [0.25, 0.3) is 6.08 Å². The van der Waals surface area contributed by atoms with E-state index in [0.29, 0.717) is 6.42 Å². The SMILES string of the molecule is COC(=O)/C=C/c1cccc(CC(C)=O)c1. The number of methoxy groups -OCH3 is 1. The highest BCUT2D eigenvalue weighted by atomic mass is 16.5. The highest BCUT2D eigenvalue weighted by molar-refractivity contribution is 5.87. The number of rotatable bonds is 4. The Bertz CT molecular complexity index is 419. The topological polar surface area (TPSA) is 43.4 Å². The van der Waals surface area contributed by atoms with Gasteiger partial charge in [0.1, 0.15) is 5.78 Å². The van der Waals surface area contributed by atoms with Gasteiger partial charge in [0.05, 0.1) is 7.11 Å². The Morgan fingerprint density at radius 2 is 2.12 bits per heavy atom. The average molecular weight is 218 g/mol. The summed E-state index contributed by atoms with van der Waals surface area (Å²) < 4.78 is 4.49. The van der Waals surface area contributed by atoms with Crippen molar-refractivity contribution in [3.8, 4) is 0 Å². The fourth-order valence-electron chi connectivity index (χ4n) is 1.33. The van der Waals surface area contributed by atoms with Crippen molar-refractivity contribution in [1.29, 1.82) is 0 Å². The first-order valence-electron chi connectivity index (χ1n) is 4.96. The van der Waals surface area contributed by atoms with E-state index in [1.165, 1.54) is 13.2 Å². The minimum absolute atomic E-state index is 0.120. The first-order chi connectivity index (χ1) is 7.61. The fraction of sp³-hybridized carbons (Fsp3) is 0.231. The van der Waals surface area contributed by atoms with Crippen molar-refractivity contribution in [2.24, 2.45) is 0 Å². The van der Waals surface area contributed by atoms with Crippen molar-refractivity contribution in [3.63, 3.8) is 0 Å². The van der Waals surface area contributed by atoms with E-state index in [9.17, 15) is 9.59 Å². The van der Waals surface area contributed by atoms with E-state index in [4.69, 9.17) is 0 Å². The Morgan fingerprint density at radius 3 is 2.75 bits per heavy atom. The second-order valence-corrected chi connectivity index (χ2v) is 3.48. The summed E-state index contributed by atoms with van der Waals surface area (Å²) in [5, 5.41) is 0. The van der Waals surface area contributed by atoms with Crippen molar-refractivity contribution < 1.29 is 14.3 Å². The van der Waals surface area contributed by atoms with E-state index < -0.39 is 5.97 Å². The molecule has 0 atom stereocenters. The molecule has 0 bridgehead atoms. The van der Waals surface area contributed by atoms with E-state index in [1.54, 1.807) is 13.0 Å². The molecule has 0 radical (unpaired) electrons. The Balaban J connectivity index is 2.78. The predicted octanol–water partition coefficient (Wildman–Crippen LogP) is 2.00. The molecule has 3 heteroatoms. The van der Waals surface area contributed by atoms with Crippen molar-refractivity contribution in [2.45, 2.75) is 13.3 Å². The van der Waals surface area contributed by atoms with Crippen molar-refractivity contribution in [2.75, 3.05) is 7.11 Å². The standard InChI is InChI=1S/C13H14O3/c1-10(14)8-12-5-3-4-11(9-12)6-7-13(15)16-2/h3-7,9H,8H2,1-2H3/b7-6+. The van der Waals surface area contributed by atoms with Crippen molar-refractivity contribution in [3.05, 3.63) is 41.5 Å². The Morgan fingerprint density at radius 1 is 1.38 bits per heavy atom. The largest absolute Gasteiger partial charge is 0.466 e. The molecule has 0 aromatic heterocycles. The first-order valence-corrected chi connectivity index (χ1v) is 4.96. The highest BCUT2D eigenvalue weighted by Crippen LogP contribution is 2.08. The molecule has 0 heterocycles. The maximum atomic E-state index is 10.9. The van der Waals surface area contributed by atoms with E-state index in [0.717, 1.165) is 11.1 Å². The summed E-state index contributed by atoms with van der Waals surface area (Å²) in [4.78, 5) is 21.8. The summed E-state index contributed by atoms with van der Waals surface area (Å²) in [5.41, 5.74) is 1.82. The van der Waals surface area contributed by atoms with Gasteiger partial charge in [-0.1, -0.05) is 24.3 Å². The van der Waals surface area contributed by atoms with Crippen LogP contribution in [0.2, 0.25) is 0 Å². The summed E-state index contributed by atoms with van der Waals surface area (Å²) in [6.45, 7) is 1.55. The molecule has 0 aliphatic carbocycles. The van der Waals surface area contributed by atoms with Crippen LogP contribution in [0, 0.1) is 0 Å². The molecule has 0 saturated heterocycles. The zero-order chi connectivity index (χ0) is 12.0. The summed E-state index contributed by atoms with van der Waals surface area (Å²) in [6, 6.07) is 7.48. The van der Waals surface area contributed by atoms with Crippen molar-refractivity contribution >= 4 is 17.8 Å². The van der Waals surface area contributed by atoms with E-state index in [-0.39, 0.29) is 5.78 Å². The fourth-order valence-corrected chi connectivity index (χ4v) is 1.33. The number of ketones is 1. The number of carbonyl (C=O) groups excluding carboxylic acids is 2. The van der Waals surface area contributed by atoms with Gasteiger partial charge in [-0.25, -0.2) is 4.79 Å². The van der Waals surface area contributed by atoms with Gasteiger partial charge in [0.15, 0.2) is 0 Å². The maximum Gasteiger partial charge on any atom is 0.330 e. The molecule has 84 valence electrons. The molecule has 16 heavy (non-hydrogen) atoms. The van der Waals surface area contributed by atoms with E-state index in [2.05, 4.69) is 4.74 Å². The molecule has 3 nitrogen and oxygen atoms in total. The van der Waals surface area contributed by atoms with Gasteiger partial charge in [0, 0.05) is 12.5 Å². The zero-order valence-corrected chi connectivity index (χ0v) is 9.40. The third-order valence-corrected chi connectivity index (χ3v) is 2.02. The molecule has 0 saturated carbocycles. The lowest BCUT2D eigenvalue weighted by molar-refractivity contribution is -0.134. The van der Waals surface area contributed by atoms with Crippen LogP contribution in [0.3, 0.4) is 0 Å². The molecule has 1 rings (SSSR count). The molecular formula is C13H14O3. The van der Waals surface area contributed by atoms with Gasteiger partial charge in [0.25, 0.3) is 0 Å². The summed E-state index contributed by atoms with van der Waals surface area (Å²) in [6.07, 6.45) is 3.43. The summed E-state index contributed by atoms with van der Waals surface area (Å²) in [7, 11) is 1.33. The lowest BCUT2D eigenvalue weighted by atomic mass is 10.1.